The van der Waals surface area contributed by atoms with E-state index in [-0.39, 0.29) is 30.7 Å². The predicted molar refractivity (Wildman–Crippen MR) is 114 cm³/mol. The fraction of sp³-hybridized carbons (Fsp3) is 0.684. The van der Waals surface area contributed by atoms with Gasteiger partial charge in [-0.2, -0.15) is 4.98 Å². The minimum Gasteiger partial charge on any atom is -0.356 e. The Labute approximate surface area is 177 Å². The Kier molecular flexibility index (Phi) is 7.59. The smallest absolute Gasteiger partial charge is 0.229 e. The number of sulfonamides is 1. The van der Waals surface area contributed by atoms with Gasteiger partial charge in [0.25, 0.3) is 0 Å². The van der Waals surface area contributed by atoms with E-state index in [1.165, 1.54) is 6.42 Å². The topological polar surface area (TPSA) is 125 Å². The number of piperidine rings is 2. The number of hydrogen-bond donors (Lipinski definition) is 2. The molecule has 1 aromatic rings. The molecule has 0 saturated carbocycles. The monoisotopic (exact) mass is 438 g/mol. The Morgan fingerprint density at radius 3 is 2.40 bits per heavy atom. The van der Waals surface area contributed by atoms with Crippen LogP contribution in [0.1, 0.15) is 44.2 Å². The van der Waals surface area contributed by atoms with Crippen molar-refractivity contribution in [2.75, 3.05) is 48.7 Å². The first-order chi connectivity index (χ1) is 14.3. The molecule has 2 aliphatic heterocycles. The van der Waals surface area contributed by atoms with Crippen LogP contribution in [-0.2, 0) is 19.6 Å². The van der Waals surface area contributed by atoms with E-state index in [9.17, 15) is 18.0 Å². The van der Waals surface area contributed by atoms with Gasteiger partial charge in [0.1, 0.15) is 5.82 Å². The van der Waals surface area contributed by atoms with Crippen molar-refractivity contribution in [3.8, 4) is 0 Å². The van der Waals surface area contributed by atoms with Crippen LogP contribution in [0, 0.1) is 6.92 Å². The third-order valence-electron chi connectivity index (χ3n) is 5.22. The normalized spacial score (nSPS) is 18.0. The molecule has 0 unspecified atom stereocenters. The van der Waals surface area contributed by atoms with E-state index in [0.717, 1.165) is 42.3 Å². The van der Waals surface area contributed by atoms with Crippen LogP contribution < -0.4 is 14.9 Å². The lowest BCUT2D eigenvalue weighted by Gasteiger charge is -2.28. The molecule has 30 heavy (non-hydrogen) atoms. The maximum absolute atomic E-state index is 12.2. The second-order valence-electron chi connectivity index (χ2n) is 7.67. The van der Waals surface area contributed by atoms with Crippen molar-refractivity contribution >= 4 is 33.6 Å². The second kappa shape index (κ2) is 10.2. The first-order valence-corrected chi connectivity index (χ1v) is 12.1. The van der Waals surface area contributed by atoms with Gasteiger partial charge in [0.15, 0.2) is 0 Å². The zero-order valence-corrected chi connectivity index (χ0v) is 18.2. The Bertz CT molecular complexity index is 854. The summed E-state index contributed by atoms with van der Waals surface area (Å²) in [6, 6.07) is 1.96. The van der Waals surface area contributed by atoms with Gasteiger partial charge in [0, 0.05) is 57.3 Å². The van der Waals surface area contributed by atoms with Crippen LogP contribution >= 0.6 is 0 Å². The van der Waals surface area contributed by atoms with Crippen LogP contribution in [0.15, 0.2) is 6.07 Å². The maximum Gasteiger partial charge on any atom is 0.229 e. The Balaban J connectivity index is 1.45. The SMILES string of the molecule is Cc1cc(N2CCCCC2)nc(NCCNS(=O)(=O)CCN2C(=O)CCCC2=O)n1. The van der Waals surface area contributed by atoms with Gasteiger partial charge in [-0.15, -0.1) is 0 Å². The number of nitrogens with zero attached hydrogens (tertiary/aromatic N) is 4. The number of carbonyl (C=O) groups excluding carboxylic acids is 2. The molecule has 2 aliphatic rings. The zero-order chi connectivity index (χ0) is 21.6. The van der Waals surface area contributed by atoms with Gasteiger partial charge >= 0.3 is 0 Å². The fourth-order valence-corrected chi connectivity index (χ4v) is 4.61. The van der Waals surface area contributed by atoms with E-state index < -0.39 is 10.0 Å². The molecule has 0 aliphatic carbocycles. The highest BCUT2D eigenvalue weighted by molar-refractivity contribution is 7.89. The van der Waals surface area contributed by atoms with Gasteiger partial charge in [-0.3, -0.25) is 14.5 Å². The molecule has 2 amide bonds. The van der Waals surface area contributed by atoms with E-state index in [2.05, 4.69) is 24.9 Å². The van der Waals surface area contributed by atoms with Crippen molar-refractivity contribution in [3.05, 3.63) is 11.8 Å². The lowest BCUT2D eigenvalue weighted by atomic mass is 10.1. The number of anilines is 2. The van der Waals surface area contributed by atoms with Crippen molar-refractivity contribution in [1.82, 2.24) is 19.6 Å². The number of hydrogen-bond acceptors (Lipinski definition) is 8. The number of rotatable bonds is 9. The number of likely N-dealkylation sites (tertiary alicyclic amines) is 1. The first kappa shape index (κ1) is 22.4. The summed E-state index contributed by atoms with van der Waals surface area (Å²) in [6.07, 6.45) is 4.67. The fourth-order valence-electron chi connectivity index (χ4n) is 3.63. The van der Waals surface area contributed by atoms with Crippen molar-refractivity contribution in [2.24, 2.45) is 0 Å². The molecule has 11 heteroatoms. The molecular weight excluding hydrogens is 408 g/mol. The van der Waals surface area contributed by atoms with Crippen LogP contribution in [0.4, 0.5) is 11.8 Å². The number of imide groups is 1. The van der Waals surface area contributed by atoms with Crippen LogP contribution in [0.25, 0.3) is 0 Å². The maximum atomic E-state index is 12.2. The molecule has 166 valence electrons. The molecule has 2 fully saturated rings. The predicted octanol–water partition coefficient (Wildman–Crippen LogP) is 0.646. The van der Waals surface area contributed by atoms with Crippen LogP contribution in [0.5, 0.6) is 0 Å². The molecule has 10 nitrogen and oxygen atoms in total. The number of aromatic nitrogens is 2. The molecule has 0 radical (unpaired) electrons. The van der Waals surface area contributed by atoms with Crippen molar-refractivity contribution in [3.63, 3.8) is 0 Å². The summed E-state index contributed by atoms with van der Waals surface area (Å²) >= 11 is 0. The van der Waals surface area contributed by atoms with Gasteiger partial charge in [-0.05, 0) is 32.6 Å². The molecule has 0 bridgehead atoms. The molecule has 3 heterocycles. The molecule has 2 saturated heterocycles. The minimum atomic E-state index is -3.60. The molecule has 0 aromatic carbocycles. The Morgan fingerprint density at radius 1 is 1.00 bits per heavy atom. The summed E-state index contributed by atoms with van der Waals surface area (Å²) in [5.74, 6) is 0.457. The summed E-state index contributed by atoms with van der Waals surface area (Å²) in [7, 11) is -3.60. The van der Waals surface area contributed by atoms with Crippen molar-refractivity contribution < 1.29 is 18.0 Å². The lowest BCUT2D eigenvalue weighted by Crippen LogP contribution is -2.44. The summed E-state index contributed by atoms with van der Waals surface area (Å²) in [5.41, 5.74) is 0.851. The van der Waals surface area contributed by atoms with Crippen LogP contribution in [0.3, 0.4) is 0 Å². The third kappa shape index (κ3) is 6.36. The van der Waals surface area contributed by atoms with Gasteiger partial charge in [0.2, 0.25) is 27.8 Å². The van der Waals surface area contributed by atoms with E-state index in [1.54, 1.807) is 0 Å². The number of carbonyl (C=O) groups is 2. The van der Waals surface area contributed by atoms with E-state index in [0.29, 0.717) is 31.8 Å². The van der Waals surface area contributed by atoms with Crippen molar-refractivity contribution in [1.29, 1.82) is 0 Å². The van der Waals surface area contributed by atoms with Crippen LogP contribution in [-0.4, -0.2) is 73.6 Å². The third-order valence-corrected chi connectivity index (χ3v) is 6.58. The highest BCUT2D eigenvalue weighted by atomic mass is 32.2. The quantitative estimate of drug-likeness (QED) is 0.425. The highest BCUT2D eigenvalue weighted by Gasteiger charge is 2.27. The van der Waals surface area contributed by atoms with Gasteiger partial charge in [-0.25, -0.2) is 18.1 Å². The van der Waals surface area contributed by atoms with Gasteiger partial charge in [0.05, 0.1) is 5.75 Å². The zero-order valence-electron chi connectivity index (χ0n) is 17.4. The molecule has 1 aromatic heterocycles. The Hall–Kier alpha value is -2.27. The molecule has 0 atom stereocenters. The number of amides is 2. The number of aryl methyl sites for hydroxylation is 1. The Morgan fingerprint density at radius 2 is 1.70 bits per heavy atom. The van der Waals surface area contributed by atoms with Crippen LogP contribution in [0.2, 0.25) is 0 Å². The lowest BCUT2D eigenvalue weighted by molar-refractivity contribution is -0.147. The summed E-state index contributed by atoms with van der Waals surface area (Å²) in [4.78, 5) is 35.8. The van der Waals surface area contributed by atoms with Gasteiger partial charge in [-0.1, -0.05) is 0 Å². The van der Waals surface area contributed by atoms with E-state index in [1.807, 2.05) is 13.0 Å². The summed E-state index contributed by atoms with van der Waals surface area (Å²) < 4.78 is 26.9. The molecule has 0 spiro atoms. The second-order valence-corrected chi connectivity index (χ2v) is 9.60. The molecular formula is C19H30N6O4S. The molecule has 3 rings (SSSR count). The minimum absolute atomic E-state index is 0.111. The average Bonchev–Trinajstić information content (AvgIpc) is 2.71. The van der Waals surface area contributed by atoms with Gasteiger partial charge < -0.3 is 10.2 Å². The van der Waals surface area contributed by atoms with Crippen molar-refractivity contribution in [2.45, 2.75) is 45.4 Å². The van der Waals surface area contributed by atoms with E-state index in [4.69, 9.17) is 0 Å². The highest BCUT2D eigenvalue weighted by Crippen LogP contribution is 2.19. The molecule has 2 N–H and O–H groups in total. The standard InChI is InChI=1S/C19H30N6O4S/c1-15-14-16(24-10-3-2-4-11-24)23-19(22-15)20-8-9-21-30(28,29)13-12-25-17(26)6-5-7-18(25)27/h14,21H,2-13H2,1H3,(H,20,22,23). The van der Waals surface area contributed by atoms with E-state index >= 15 is 0 Å². The first-order valence-electron chi connectivity index (χ1n) is 10.5. The number of nitrogens with one attached hydrogen (secondary N) is 2. The summed E-state index contributed by atoms with van der Waals surface area (Å²) in [6.45, 7) is 4.24. The average molecular weight is 439 g/mol. The largest absolute Gasteiger partial charge is 0.356 e. The summed E-state index contributed by atoms with van der Waals surface area (Å²) in [5, 5.41) is 3.06.